The van der Waals surface area contributed by atoms with Gasteiger partial charge < -0.3 is 24.7 Å². The van der Waals surface area contributed by atoms with Crippen molar-refractivity contribution < 1.29 is 23.8 Å². The van der Waals surface area contributed by atoms with Gasteiger partial charge in [0.1, 0.15) is 12.4 Å². The first-order valence-corrected chi connectivity index (χ1v) is 12.9. The molecule has 0 aliphatic heterocycles. The maximum Gasteiger partial charge on any atom is 0.307 e. The molecule has 0 atom stereocenters. The number of carbonyl (C=O) groups is 1. The van der Waals surface area contributed by atoms with E-state index in [0.29, 0.717) is 36.0 Å². The van der Waals surface area contributed by atoms with Gasteiger partial charge in [0.25, 0.3) is 0 Å². The van der Waals surface area contributed by atoms with Crippen molar-refractivity contribution in [3.05, 3.63) is 83.1 Å². The number of benzene rings is 3. The van der Waals surface area contributed by atoms with Crippen molar-refractivity contribution in [1.82, 2.24) is 0 Å². The van der Waals surface area contributed by atoms with Crippen LogP contribution in [0.4, 0.5) is 0 Å². The highest BCUT2D eigenvalue weighted by atomic mass is 16.5. The minimum absolute atomic E-state index is 0.0947. The molecular weight excluding hydrogens is 466 g/mol. The van der Waals surface area contributed by atoms with Gasteiger partial charge in [-0.3, -0.25) is 4.79 Å². The molecule has 194 valence electrons. The highest BCUT2D eigenvalue weighted by Gasteiger charge is 2.23. The lowest BCUT2D eigenvalue weighted by atomic mass is 10.00. The molecule has 1 saturated carbocycles. The first-order chi connectivity index (χ1) is 18.0. The predicted octanol–water partition coefficient (Wildman–Crippen LogP) is 6.89. The number of fused-ring (bicyclic) bond motifs is 1. The molecule has 1 aliphatic rings. The Morgan fingerprint density at radius 3 is 2.54 bits per heavy atom. The Labute approximate surface area is 218 Å². The van der Waals surface area contributed by atoms with Crippen LogP contribution in [-0.2, 0) is 24.4 Å². The number of ether oxygens (including phenoxy) is 2. The lowest BCUT2D eigenvalue weighted by Gasteiger charge is -2.12. The molecule has 1 heterocycles. The van der Waals surface area contributed by atoms with Crippen LogP contribution in [0, 0.1) is 12.8 Å². The van der Waals surface area contributed by atoms with Crippen LogP contribution < -0.4 is 15.2 Å². The maximum atomic E-state index is 11.3. The second-order valence-corrected chi connectivity index (χ2v) is 9.24. The summed E-state index contributed by atoms with van der Waals surface area (Å²) < 4.78 is 18.3. The van der Waals surface area contributed by atoms with Crippen LogP contribution in [0.1, 0.15) is 48.9 Å². The molecule has 4 aromatic rings. The summed E-state index contributed by atoms with van der Waals surface area (Å²) >= 11 is 0. The molecule has 0 saturated heterocycles. The van der Waals surface area contributed by atoms with E-state index in [2.05, 4.69) is 18.2 Å². The van der Waals surface area contributed by atoms with Crippen LogP contribution in [0.25, 0.3) is 22.1 Å². The Morgan fingerprint density at radius 2 is 1.81 bits per heavy atom. The molecular formula is C31H35NO5. The molecule has 37 heavy (non-hydrogen) atoms. The zero-order chi connectivity index (χ0) is 26.4. The summed E-state index contributed by atoms with van der Waals surface area (Å²) in [6.07, 6.45) is 4.01. The van der Waals surface area contributed by atoms with Gasteiger partial charge in [0.2, 0.25) is 0 Å². The number of rotatable bonds is 10. The normalized spacial score (nSPS) is 12.6. The summed E-state index contributed by atoms with van der Waals surface area (Å²) in [4.78, 5) is 11.3. The summed E-state index contributed by atoms with van der Waals surface area (Å²) in [7, 11) is 0. The van der Waals surface area contributed by atoms with Gasteiger partial charge in [-0.2, -0.15) is 0 Å². The molecule has 6 nitrogen and oxygen atoms in total. The van der Waals surface area contributed by atoms with Crippen molar-refractivity contribution in [2.24, 2.45) is 11.7 Å². The van der Waals surface area contributed by atoms with Gasteiger partial charge in [-0.25, -0.2) is 0 Å². The van der Waals surface area contributed by atoms with E-state index in [-0.39, 0.29) is 13.0 Å². The number of carboxylic acid groups (broad SMARTS) is 1. The maximum absolute atomic E-state index is 11.3. The average Bonchev–Trinajstić information content (AvgIpc) is 3.66. The molecule has 5 rings (SSSR count). The van der Waals surface area contributed by atoms with Crippen molar-refractivity contribution in [3.8, 4) is 22.6 Å². The predicted molar refractivity (Wildman–Crippen MR) is 146 cm³/mol. The molecule has 1 aliphatic carbocycles. The molecule has 1 aromatic heterocycles. The second-order valence-electron chi connectivity index (χ2n) is 9.24. The zero-order valence-electron chi connectivity index (χ0n) is 21.8. The summed E-state index contributed by atoms with van der Waals surface area (Å²) in [6, 6.07) is 17.9. The average molecular weight is 502 g/mol. The van der Waals surface area contributed by atoms with E-state index in [1.54, 1.807) is 12.3 Å². The number of aryl methyl sites for hydroxylation is 1. The van der Waals surface area contributed by atoms with Gasteiger partial charge >= 0.3 is 5.97 Å². The van der Waals surface area contributed by atoms with Gasteiger partial charge in [0.15, 0.2) is 11.3 Å². The minimum Gasteiger partial charge on any atom is -0.489 e. The largest absolute Gasteiger partial charge is 0.489 e. The molecule has 6 heteroatoms. The van der Waals surface area contributed by atoms with Gasteiger partial charge in [0.05, 0.1) is 19.3 Å². The van der Waals surface area contributed by atoms with Crippen LogP contribution in [0.15, 0.2) is 65.3 Å². The van der Waals surface area contributed by atoms with E-state index >= 15 is 0 Å². The van der Waals surface area contributed by atoms with Crippen LogP contribution in [-0.4, -0.2) is 17.7 Å². The van der Waals surface area contributed by atoms with E-state index in [1.807, 2.05) is 51.1 Å². The fourth-order valence-corrected chi connectivity index (χ4v) is 4.17. The smallest absolute Gasteiger partial charge is 0.307 e. The SMILES string of the molecule is CC.Cc1ccc(CC(=O)O)c(OCc2coc3c(OCC4CC4)cc(-c4cccc(CN)c4)cc23)c1. The third-order valence-corrected chi connectivity index (χ3v) is 6.33. The van der Waals surface area contributed by atoms with E-state index in [9.17, 15) is 9.90 Å². The van der Waals surface area contributed by atoms with Crippen LogP contribution in [0.5, 0.6) is 11.5 Å². The summed E-state index contributed by atoms with van der Waals surface area (Å²) in [5, 5.41) is 10.2. The number of hydrogen-bond donors (Lipinski definition) is 2. The van der Waals surface area contributed by atoms with Crippen molar-refractivity contribution in [2.75, 3.05) is 6.61 Å². The van der Waals surface area contributed by atoms with E-state index in [0.717, 1.165) is 39.0 Å². The van der Waals surface area contributed by atoms with Crippen molar-refractivity contribution in [1.29, 1.82) is 0 Å². The first kappa shape index (κ1) is 26.3. The van der Waals surface area contributed by atoms with E-state index in [1.165, 1.54) is 12.8 Å². The second kappa shape index (κ2) is 12.0. The third kappa shape index (κ3) is 6.52. The first-order valence-electron chi connectivity index (χ1n) is 12.9. The van der Waals surface area contributed by atoms with Crippen molar-refractivity contribution in [3.63, 3.8) is 0 Å². The van der Waals surface area contributed by atoms with Gasteiger partial charge in [-0.15, -0.1) is 0 Å². The molecule has 1 fully saturated rings. The Kier molecular flexibility index (Phi) is 8.51. The molecule has 0 unspecified atom stereocenters. The number of hydrogen-bond acceptors (Lipinski definition) is 5. The Hall–Kier alpha value is -3.77. The lowest BCUT2D eigenvalue weighted by molar-refractivity contribution is -0.136. The van der Waals surface area contributed by atoms with Crippen LogP contribution >= 0.6 is 0 Å². The van der Waals surface area contributed by atoms with Crippen molar-refractivity contribution in [2.45, 2.75) is 53.2 Å². The quantitative estimate of drug-likeness (QED) is 0.246. The topological polar surface area (TPSA) is 94.9 Å². The van der Waals surface area contributed by atoms with Gasteiger partial charge in [-0.1, -0.05) is 44.2 Å². The number of furan rings is 1. The number of carboxylic acids is 1. The summed E-state index contributed by atoms with van der Waals surface area (Å²) in [5.74, 6) is 1.00. The summed E-state index contributed by atoms with van der Waals surface area (Å²) in [6.45, 7) is 7.35. The Morgan fingerprint density at radius 1 is 1.00 bits per heavy atom. The Bertz CT molecular complexity index is 1370. The summed E-state index contributed by atoms with van der Waals surface area (Å²) in [5.41, 5.74) is 12.2. The molecule has 3 aromatic carbocycles. The number of nitrogens with two attached hydrogens (primary N) is 1. The molecule has 0 spiro atoms. The van der Waals surface area contributed by atoms with E-state index < -0.39 is 5.97 Å². The monoisotopic (exact) mass is 501 g/mol. The molecule has 0 amide bonds. The van der Waals surface area contributed by atoms with Gasteiger partial charge in [0, 0.05) is 23.1 Å². The van der Waals surface area contributed by atoms with E-state index in [4.69, 9.17) is 19.6 Å². The molecule has 0 radical (unpaired) electrons. The standard InChI is InChI=1S/C29H29NO5.C2H6/c1-18-5-8-22(13-28(31)32)26(9-18)34-16-24-17-35-29-25(24)11-23(12-27(29)33-15-19-6-7-19)21-4-2-3-20(10-21)14-30;1-2/h2-5,8-12,17,19H,6-7,13-16,30H2,1H3,(H,31,32);1-2H3. The number of aliphatic carboxylic acids is 1. The van der Waals surface area contributed by atoms with Crippen LogP contribution in [0.2, 0.25) is 0 Å². The zero-order valence-corrected chi connectivity index (χ0v) is 21.8. The molecule has 3 N–H and O–H groups in total. The molecule has 0 bridgehead atoms. The van der Waals surface area contributed by atoms with Crippen molar-refractivity contribution >= 4 is 16.9 Å². The third-order valence-electron chi connectivity index (χ3n) is 6.33. The highest BCUT2D eigenvalue weighted by molar-refractivity contribution is 5.91. The Balaban J connectivity index is 0.00000156. The lowest BCUT2D eigenvalue weighted by Crippen LogP contribution is -2.04. The fraction of sp³-hybridized carbons (Fsp3) is 0.323. The van der Waals surface area contributed by atoms with Gasteiger partial charge in [-0.05, 0) is 72.2 Å². The fourth-order valence-electron chi connectivity index (χ4n) is 4.17. The van der Waals surface area contributed by atoms with Crippen LogP contribution in [0.3, 0.4) is 0 Å². The highest BCUT2D eigenvalue weighted by Crippen LogP contribution is 2.38. The minimum atomic E-state index is -0.894.